The van der Waals surface area contributed by atoms with Gasteiger partial charge in [-0.25, -0.2) is 9.78 Å². The minimum atomic E-state index is -0.996. The second kappa shape index (κ2) is 24.2. The van der Waals surface area contributed by atoms with E-state index in [4.69, 9.17) is 21.1 Å². The van der Waals surface area contributed by atoms with Crippen LogP contribution in [0.3, 0.4) is 0 Å². The van der Waals surface area contributed by atoms with Crippen molar-refractivity contribution in [2.45, 2.75) is 115 Å². The molecule has 2 aliphatic carbocycles. The first-order valence-electron chi connectivity index (χ1n) is 22.3. The third-order valence-electron chi connectivity index (χ3n) is 12.5. The lowest BCUT2D eigenvalue weighted by Gasteiger charge is -2.34. The monoisotopic (exact) mass is 877 g/mol. The number of aryl methyl sites for hydroxylation is 1. The average Bonchev–Trinajstić information content (AvgIpc) is 3.91. The van der Waals surface area contributed by atoms with E-state index in [2.05, 4.69) is 27.9 Å². The minimum absolute atomic E-state index is 0.0116. The highest BCUT2D eigenvalue weighted by Gasteiger charge is 2.45. The summed E-state index contributed by atoms with van der Waals surface area (Å²) in [6.07, 6.45) is 11.9. The van der Waals surface area contributed by atoms with Crippen LogP contribution in [-0.2, 0) is 35.1 Å². The van der Waals surface area contributed by atoms with Gasteiger partial charge >= 0.3 is 11.9 Å². The number of carbonyl (C=O) groups excluding carboxylic acids is 3. The second-order valence-corrected chi connectivity index (χ2v) is 17.2. The summed E-state index contributed by atoms with van der Waals surface area (Å²) in [5, 5.41) is 29.3. The van der Waals surface area contributed by atoms with Crippen LogP contribution < -0.4 is 16.0 Å². The molecule has 0 bridgehead atoms. The molecule has 0 aliphatic heterocycles. The van der Waals surface area contributed by atoms with Crippen LogP contribution in [0.5, 0.6) is 0 Å². The Morgan fingerprint density at radius 2 is 1.66 bits per heavy atom. The topological polar surface area (TPSA) is 198 Å². The van der Waals surface area contributed by atoms with Gasteiger partial charge in [0.25, 0.3) is 0 Å². The van der Waals surface area contributed by atoms with E-state index >= 15 is 0 Å². The van der Waals surface area contributed by atoms with Gasteiger partial charge in [-0.15, -0.1) is 0 Å². The number of unbranched alkanes of at least 4 members (excludes halogenated alkanes) is 2. The van der Waals surface area contributed by atoms with Crippen molar-refractivity contribution < 1.29 is 43.7 Å². The van der Waals surface area contributed by atoms with E-state index in [-0.39, 0.29) is 54.3 Å². The summed E-state index contributed by atoms with van der Waals surface area (Å²) in [4.78, 5) is 68.4. The quantitative estimate of drug-likeness (QED) is 0.0542. The summed E-state index contributed by atoms with van der Waals surface area (Å²) in [7, 11) is 1.56. The van der Waals surface area contributed by atoms with Gasteiger partial charge < -0.3 is 40.2 Å². The Bertz CT molecular complexity index is 1940. The number of rotatable bonds is 25. The zero-order valence-electron chi connectivity index (χ0n) is 36.2. The van der Waals surface area contributed by atoms with E-state index < -0.39 is 23.3 Å². The normalized spacial score (nSPS) is 18.1. The number of benzene rings is 2. The molecule has 62 heavy (non-hydrogen) atoms. The van der Waals surface area contributed by atoms with Crippen LogP contribution in [-0.4, -0.2) is 95.5 Å². The van der Waals surface area contributed by atoms with Crippen molar-refractivity contribution in [3.63, 3.8) is 0 Å². The first-order valence-corrected chi connectivity index (χ1v) is 22.6. The molecular weight excluding hydrogens is 814 g/mol. The zero-order chi connectivity index (χ0) is 44.5. The van der Waals surface area contributed by atoms with Gasteiger partial charge in [-0.2, -0.15) is 0 Å². The lowest BCUT2D eigenvalue weighted by atomic mass is 9.76. The number of nitrogens with zero attached hydrogens (tertiary/aromatic N) is 2. The number of methoxy groups -OCH3 is 1. The molecule has 2 aromatic carbocycles. The van der Waals surface area contributed by atoms with Gasteiger partial charge in [0.2, 0.25) is 17.7 Å². The summed E-state index contributed by atoms with van der Waals surface area (Å²) in [6.45, 7) is 3.58. The molecule has 1 aromatic heterocycles. The molecular formula is C47H64ClN5O9. The van der Waals surface area contributed by atoms with Gasteiger partial charge in [0.05, 0.1) is 42.8 Å². The number of halogens is 1. The summed E-state index contributed by atoms with van der Waals surface area (Å²) >= 11 is 6.41. The van der Waals surface area contributed by atoms with Crippen LogP contribution in [0.25, 0.3) is 11.1 Å². The van der Waals surface area contributed by atoms with Gasteiger partial charge in [-0.1, -0.05) is 80.3 Å². The van der Waals surface area contributed by atoms with Gasteiger partial charge in [-0.05, 0) is 87.0 Å². The molecule has 1 unspecified atom stereocenters. The number of carbonyl (C=O) groups is 5. The number of amides is 3. The Labute approximate surface area is 369 Å². The largest absolute Gasteiger partial charge is 0.481 e. The smallest absolute Gasteiger partial charge is 0.336 e. The Kier molecular flexibility index (Phi) is 18.8. The first-order chi connectivity index (χ1) is 29.9. The molecule has 15 heteroatoms. The van der Waals surface area contributed by atoms with Crippen molar-refractivity contribution in [2.24, 2.45) is 17.3 Å². The molecule has 2 fully saturated rings. The Balaban J connectivity index is 1.06. The third-order valence-corrected chi connectivity index (χ3v) is 12.7. The summed E-state index contributed by atoms with van der Waals surface area (Å²) < 4.78 is 12.5. The fourth-order valence-electron chi connectivity index (χ4n) is 8.91. The standard InChI is InChI=1S/C47H64ClN5O9/c1-3-4-13-41-52-40(48)30-53(41)39(33-17-15-32(16-18-33)37-11-5-6-12-38(37)45(58)59)29-50-42(54)14-7-10-25-49-43(55)34-19-21-36(22-20-34)51-46(60)47(23-8-9-24-47)28-35(44(56)57)31-62-27-26-61-2/h5-6,11-12,15-18,30,34-36,39H,3-4,7-10,13-14,19-29,31H2,1-2H3,(H,49,55)(H,50,54)(H,51,60)(H,56,57)(H,58,59)/t34?,35-,36?,39?/m0/s1. The number of nitrogens with one attached hydrogen (secondary N) is 3. The highest BCUT2D eigenvalue weighted by Crippen LogP contribution is 2.44. The maximum absolute atomic E-state index is 13.7. The number of hydrogen-bond acceptors (Lipinski definition) is 8. The molecule has 0 radical (unpaired) electrons. The lowest BCUT2D eigenvalue weighted by molar-refractivity contribution is -0.147. The number of aliphatic carboxylic acids is 1. The van der Waals surface area contributed by atoms with Gasteiger partial charge in [0.15, 0.2) is 0 Å². The zero-order valence-corrected chi connectivity index (χ0v) is 36.9. The van der Waals surface area contributed by atoms with E-state index in [1.807, 2.05) is 34.9 Å². The van der Waals surface area contributed by atoms with Gasteiger partial charge in [0, 0.05) is 51.2 Å². The number of hydrogen-bond donors (Lipinski definition) is 5. The molecule has 2 aliphatic rings. The van der Waals surface area contributed by atoms with Crippen molar-refractivity contribution in [2.75, 3.05) is 40.0 Å². The summed E-state index contributed by atoms with van der Waals surface area (Å²) in [5.74, 6) is -2.26. The van der Waals surface area contributed by atoms with Crippen LogP contribution in [0.15, 0.2) is 54.7 Å². The maximum atomic E-state index is 13.7. The fourth-order valence-corrected chi connectivity index (χ4v) is 9.11. The number of carboxylic acid groups (broad SMARTS) is 2. The van der Waals surface area contributed by atoms with Crippen LogP contribution >= 0.6 is 11.6 Å². The number of aromatic carboxylic acids is 1. The molecule has 1 heterocycles. The molecule has 5 N–H and O–H groups in total. The van der Waals surface area contributed by atoms with Crippen molar-refractivity contribution in [3.8, 4) is 11.1 Å². The molecule has 2 saturated carbocycles. The molecule has 5 rings (SSSR count). The van der Waals surface area contributed by atoms with Gasteiger partial charge in [0.1, 0.15) is 11.0 Å². The maximum Gasteiger partial charge on any atom is 0.336 e. The van der Waals surface area contributed by atoms with E-state index in [1.54, 1.807) is 31.5 Å². The molecule has 2 atom stereocenters. The third kappa shape index (κ3) is 13.6. The summed E-state index contributed by atoms with van der Waals surface area (Å²) in [6, 6.07) is 14.2. The number of ether oxygens (including phenoxy) is 2. The van der Waals surface area contributed by atoms with Crippen LogP contribution in [0.4, 0.5) is 0 Å². The van der Waals surface area contributed by atoms with Crippen LogP contribution in [0, 0.1) is 17.3 Å². The first kappa shape index (κ1) is 48.2. The number of aromatic nitrogens is 2. The van der Waals surface area contributed by atoms with Crippen LogP contribution in [0.2, 0.25) is 5.15 Å². The van der Waals surface area contributed by atoms with Crippen molar-refractivity contribution in [1.29, 1.82) is 0 Å². The highest BCUT2D eigenvalue weighted by atomic mass is 35.5. The van der Waals surface area contributed by atoms with Crippen molar-refractivity contribution in [3.05, 3.63) is 76.8 Å². The number of carboxylic acids is 2. The van der Waals surface area contributed by atoms with Crippen molar-refractivity contribution >= 4 is 41.3 Å². The van der Waals surface area contributed by atoms with Crippen LogP contribution in [0.1, 0.15) is 125 Å². The Morgan fingerprint density at radius 3 is 2.34 bits per heavy atom. The van der Waals surface area contributed by atoms with E-state index in [9.17, 15) is 34.2 Å². The molecule has 0 spiro atoms. The lowest BCUT2D eigenvalue weighted by Crippen LogP contribution is -2.48. The minimum Gasteiger partial charge on any atom is -0.481 e. The molecule has 338 valence electrons. The molecule has 3 amide bonds. The predicted octanol–water partition coefficient (Wildman–Crippen LogP) is 7.23. The second-order valence-electron chi connectivity index (χ2n) is 16.8. The van der Waals surface area contributed by atoms with Crippen molar-refractivity contribution in [1.82, 2.24) is 25.5 Å². The Hall–Kier alpha value is -4.79. The van der Waals surface area contributed by atoms with E-state index in [0.717, 1.165) is 49.1 Å². The summed E-state index contributed by atoms with van der Waals surface area (Å²) in [5.41, 5.74) is 1.80. The molecule has 0 saturated heterocycles. The fraction of sp³-hybridized carbons (Fsp3) is 0.574. The Morgan fingerprint density at radius 1 is 0.935 bits per heavy atom. The molecule has 14 nitrogen and oxygen atoms in total. The molecule has 3 aromatic rings. The predicted molar refractivity (Wildman–Crippen MR) is 236 cm³/mol. The van der Waals surface area contributed by atoms with E-state index in [0.29, 0.717) is 94.8 Å². The SMILES string of the molecule is CCCCc1nc(Cl)cn1C(CNC(=O)CCCCNC(=O)C1CCC(NC(=O)C2(C[C@@H](COCCOC)C(=O)O)CCCC2)CC1)c1ccc(-c2ccccc2C(=O)O)cc1. The number of imidazole rings is 1. The average molecular weight is 879 g/mol. The highest BCUT2D eigenvalue weighted by molar-refractivity contribution is 6.29. The van der Waals surface area contributed by atoms with Gasteiger partial charge in [-0.3, -0.25) is 19.2 Å². The van der Waals surface area contributed by atoms with E-state index in [1.165, 1.54) is 0 Å².